The molecule has 0 saturated carbocycles. The molecule has 7 heteroatoms. The molecule has 0 aliphatic carbocycles. The number of carboxylic acids is 1. The summed E-state index contributed by atoms with van der Waals surface area (Å²) in [6.45, 7) is 6.39. The zero-order valence-electron chi connectivity index (χ0n) is 18.0. The van der Waals surface area contributed by atoms with Gasteiger partial charge in [0.1, 0.15) is 17.4 Å². The van der Waals surface area contributed by atoms with E-state index in [4.69, 9.17) is 9.84 Å². The number of benzene rings is 2. The van der Waals surface area contributed by atoms with Crippen molar-refractivity contribution in [3.8, 4) is 17.5 Å². The number of amides is 1. The zero-order valence-corrected chi connectivity index (χ0v) is 18.0. The first-order valence-corrected chi connectivity index (χ1v) is 10.0. The van der Waals surface area contributed by atoms with E-state index in [9.17, 15) is 14.9 Å². The lowest BCUT2D eigenvalue weighted by Crippen LogP contribution is -2.14. The number of rotatable bonds is 7. The van der Waals surface area contributed by atoms with Crippen molar-refractivity contribution in [2.75, 3.05) is 11.9 Å². The average Bonchev–Trinajstić information content (AvgIpc) is 3.05. The van der Waals surface area contributed by atoms with Crippen LogP contribution < -0.4 is 10.1 Å². The lowest BCUT2D eigenvalue weighted by Gasteiger charge is -2.11. The van der Waals surface area contributed by atoms with E-state index in [0.29, 0.717) is 12.3 Å². The Kier molecular flexibility index (Phi) is 6.76. The van der Waals surface area contributed by atoms with E-state index < -0.39 is 11.9 Å². The first-order valence-electron chi connectivity index (χ1n) is 10.0. The third-order valence-corrected chi connectivity index (χ3v) is 4.91. The summed E-state index contributed by atoms with van der Waals surface area (Å²) in [5, 5.41) is 21.2. The van der Waals surface area contributed by atoms with E-state index in [1.54, 1.807) is 6.07 Å². The second-order valence-electron chi connectivity index (χ2n) is 7.10. The number of hydrogen-bond acceptors (Lipinski definition) is 4. The van der Waals surface area contributed by atoms with Crippen molar-refractivity contribution in [3.63, 3.8) is 0 Å². The molecule has 3 rings (SSSR count). The Morgan fingerprint density at radius 2 is 1.88 bits per heavy atom. The number of nitriles is 1. The number of aromatic nitrogens is 1. The summed E-state index contributed by atoms with van der Waals surface area (Å²) in [7, 11) is 0. The molecule has 0 unspecified atom stereocenters. The number of hydrogen-bond donors (Lipinski definition) is 2. The highest BCUT2D eigenvalue weighted by Crippen LogP contribution is 2.25. The molecule has 0 aliphatic heterocycles. The Balaban J connectivity index is 1.88. The van der Waals surface area contributed by atoms with Gasteiger partial charge in [-0.05, 0) is 80.9 Å². The van der Waals surface area contributed by atoms with Crippen LogP contribution in [0.2, 0.25) is 0 Å². The molecule has 0 aliphatic rings. The van der Waals surface area contributed by atoms with Crippen molar-refractivity contribution in [2.45, 2.75) is 20.8 Å². The standard InChI is InChI=1S/C25H23N3O4/c1-4-32-23-10-8-22(9-11-23)28-16(2)12-19(17(28)3)13-20(15-26)24(29)27-21-7-5-6-18(14-21)25(30)31/h5-14H,4H2,1-3H3,(H,27,29)(H,30,31). The van der Waals surface area contributed by atoms with Gasteiger partial charge >= 0.3 is 5.97 Å². The van der Waals surface area contributed by atoms with Crippen LogP contribution in [-0.4, -0.2) is 28.2 Å². The Morgan fingerprint density at radius 3 is 2.50 bits per heavy atom. The van der Waals surface area contributed by atoms with Crippen LogP contribution in [-0.2, 0) is 4.79 Å². The molecule has 7 nitrogen and oxygen atoms in total. The van der Waals surface area contributed by atoms with Crippen LogP contribution in [0.3, 0.4) is 0 Å². The number of nitrogens with one attached hydrogen (secondary N) is 1. The highest BCUT2D eigenvalue weighted by molar-refractivity contribution is 6.10. The number of ether oxygens (including phenoxy) is 1. The number of carbonyl (C=O) groups excluding carboxylic acids is 1. The van der Waals surface area contributed by atoms with Crippen LogP contribution >= 0.6 is 0 Å². The van der Waals surface area contributed by atoms with Crippen LogP contribution in [0.5, 0.6) is 5.75 Å². The molecule has 1 aromatic heterocycles. The molecule has 2 N–H and O–H groups in total. The summed E-state index contributed by atoms with van der Waals surface area (Å²) in [6, 6.07) is 17.4. The largest absolute Gasteiger partial charge is 0.494 e. The van der Waals surface area contributed by atoms with Gasteiger partial charge in [0.05, 0.1) is 12.2 Å². The lowest BCUT2D eigenvalue weighted by atomic mass is 10.1. The fourth-order valence-electron chi connectivity index (χ4n) is 3.42. The van der Waals surface area contributed by atoms with Gasteiger partial charge in [-0.15, -0.1) is 0 Å². The fraction of sp³-hybridized carbons (Fsp3) is 0.160. The molecule has 32 heavy (non-hydrogen) atoms. The average molecular weight is 429 g/mol. The van der Waals surface area contributed by atoms with Crippen LogP contribution in [0.1, 0.15) is 34.2 Å². The van der Waals surface area contributed by atoms with Gasteiger partial charge in [0, 0.05) is 22.8 Å². The number of aryl methyl sites for hydroxylation is 1. The number of aromatic carboxylic acids is 1. The maximum absolute atomic E-state index is 12.6. The predicted molar refractivity (Wildman–Crippen MR) is 122 cm³/mol. The summed E-state index contributed by atoms with van der Waals surface area (Å²) in [5.74, 6) is -0.922. The van der Waals surface area contributed by atoms with Crippen LogP contribution in [0.25, 0.3) is 11.8 Å². The number of carbonyl (C=O) groups is 2. The molecule has 162 valence electrons. The maximum atomic E-state index is 12.6. The second kappa shape index (κ2) is 9.67. The van der Waals surface area contributed by atoms with Crippen LogP contribution in [0, 0.1) is 25.2 Å². The number of anilines is 1. The first kappa shape index (κ1) is 22.4. The molecule has 2 aromatic carbocycles. The highest BCUT2D eigenvalue weighted by Gasteiger charge is 2.15. The molecule has 0 radical (unpaired) electrons. The minimum atomic E-state index is -1.10. The van der Waals surface area contributed by atoms with Gasteiger partial charge in [-0.1, -0.05) is 6.07 Å². The summed E-state index contributed by atoms with van der Waals surface area (Å²) >= 11 is 0. The Hall–Kier alpha value is -4.31. The topological polar surface area (TPSA) is 104 Å². The van der Waals surface area contributed by atoms with Crippen LogP contribution in [0.4, 0.5) is 5.69 Å². The monoisotopic (exact) mass is 429 g/mol. The van der Waals surface area contributed by atoms with Gasteiger partial charge in [-0.25, -0.2) is 4.79 Å². The smallest absolute Gasteiger partial charge is 0.335 e. The van der Waals surface area contributed by atoms with Gasteiger partial charge in [0.15, 0.2) is 0 Å². The van der Waals surface area contributed by atoms with E-state index >= 15 is 0 Å². The SMILES string of the molecule is CCOc1ccc(-n2c(C)cc(C=C(C#N)C(=O)Nc3cccc(C(=O)O)c3)c2C)cc1. The predicted octanol–water partition coefficient (Wildman–Crippen LogP) is 4.74. The quantitative estimate of drug-likeness (QED) is 0.417. The Labute approximate surface area is 186 Å². The summed E-state index contributed by atoms with van der Waals surface area (Å²) < 4.78 is 7.53. The minimum Gasteiger partial charge on any atom is -0.494 e. The molecule has 1 amide bonds. The molecule has 3 aromatic rings. The number of carboxylic acid groups (broad SMARTS) is 1. The molecule has 0 spiro atoms. The van der Waals surface area contributed by atoms with Gasteiger partial charge in [0.2, 0.25) is 0 Å². The Bertz CT molecular complexity index is 1230. The van der Waals surface area contributed by atoms with E-state index in [2.05, 4.69) is 5.32 Å². The highest BCUT2D eigenvalue weighted by atomic mass is 16.5. The first-order chi connectivity index (χ1) is 15.3. The third-order valence-electron chi connectivity index (χ3n) is 4.91. The van der Waals surface area contributed by atoms with Crippen molar-refractivity contribution in [2.24, 2.45) is 0 Å². The molecule has 0 bridgehead atoms. The van der Waals surface area contributed by atoms with Crippen molar-refractivity contribution < 1.29 is 19.4 Å². The molecule has 0 fully saturated rings. The summed E-state index contributed by atoms with van der Waals surface area (Å²) in [5.41, 5.74) is 3.77. The number of nitrogens with zero attached hydrogens (tertiary/aromatic N) is 2. The van der Waals surface area contributed by atoms with Crippen molar-refractivity contribution in [1.29, 1.82) is 5.26 Å². The molecule has 1 heterocycles. The fourth-order valence-corrected chi connectivity index (χ4v) is 3.42. The zero-order chi connectivity index (χ0) is 23.3. The Morgan fingerprint density at radius 1 is 1.16 bits per heavy atom. The molecular weight excluding hydrogens is 406 g/mol. The summed E-state index contributed by atoms with van der Waals surface area (Å²) in [6.07, 6.45) is 1.53. The molecule has 0 saturated heterocycles. The van der Waals surface area contributed by atoms with Gasteiger partial charge in [0.25, 0.3) is 5.91 Å². The van der Waals surface area contributed by atoms with Gasteiger partial charge in [-0.2, -0.15) is 5.26 Å². The third kappa shape index (κ3) is 4.87. The van der Waals surface area contributed by atoms with E-state index in [0.717, 1.165) is 28.4 Å². The van der Waals surface area contributed by atoms with Crippen molar-refractivity contribution in [3.05, 3.63) is 82.7 Å². The van der Waals surface area contributed by atoms with E-state index in [-0.39, 0.29) is 11.1 Å². The second-order valence-corrected chi connectivity index (χ2v) is 7.10. The van der Waals surface area contributed by atoms with E-state index in [1.807, 2.05) is 61.7 Å². The van der Waals surface area contributed by atoms with E-state index in [1.165, 1.54) is 24.3 Å². The van der Waals surface area contributed by atoms with Crippen molar-refractivity contribution >= 4 is 23.6 Å². The minimum absolute atomic E-state index is 0.0455. The van der Waals surface area contributed by atoms with Crippen LogP contribution in [0.15, 0.2) is 60.2 Å². The summed E-state index contributed by atoms with van der Waals surface area (Å²) in [4.78, 5) is 23.8. The maximum Gasteiger partial charge on any atom is 0.335 e. The van der Waals surface area contributed by atoms with Gasteiger partial charge in [-0.3, -0.25) is 4.79 Å². The van der Waals surface area contributed by atoms with Gasteiger partial charge < -0.3 is 19.7 Å². The lowest BCUT2D eigenvalue weighted by molar-refractivity contribution is -0.112. The molecule has 0 atom stereocenters. The normalized spacial score (nSPS) is 11.0. The van der Waals surface area contributed by atoms with Crippen molar-refractivity contribution in [1.82, 2.24) is 4.57 Å². The molecular formula is C25H23N3O4.